The molecule has 1 fully saturated rings. The number of carboxylic acid groups (broad SMARTS) is 1. The number of nitrogens with one attached hydrogen (secondary N) is 2. The van der Waals surface area contributed by atoms with Crippen LogP contribution in [0.4, 0.5) is 4.79 Å². The SMILES string of the molecule is O=C(N[C@@H](CCCCNCC1(O)OCC(O)C1O)C(=O)O)OCc1ccccc1. The average molecular weight is 412 g/mol. The fourth-order valence-corrected chi connectivity index (χ4v) is 2.89. The summed E-state index contributed by atoms with van der Waals surface area (Å²) in [5, 5.41) is 43.6. The van der Waals surface area contributed by atoms with Crippen molar-refractivity contribution in [2.45, 2.75) is 49.9 Å². The summed E-state index contributed by atoms with van der Waals surface area (Å²) in [7, 11) is 0. The zero-order valence-electron chi connectivity index (χ0n) is 16.0. The molecule has 0 saturated carbocycles. The maximum Gasteiger partial charge on any atom is 0.408 e. The summed E-state index contributed by atoms with van der Waals surface area (Å²) < 4.78 is 10.0. The molecule has 10 nitrogen and oxygen atoms in total. The van der Waals surface area contributed by atoms with Gasteiger partial charge in [-0.15, -0.1) is 0 Å². The van der Waals surface area contributed by atoms with Crippen LogP contribution in [-0.2, 0) is 20.9 Å². The lowest BCUT2D eigenvalue weighted by atomic mass is 10.1. The van der Waals surface area contributed by atoms with E-state index in [2.05, 4.69) is 10.6 Å². The Kier molecular flexibility index (Phi) is 8.80. The molecule has 0 spiro atoms. The van der Waals surface area contributed by atoms with E-state index >= 15 is 0 Å². The smallest absolute Gasteiger partial charge is 0.408 e. The number of rotatable bonds is 11. The van der Waals surface area contributed by atoms with Crippen molar-refractivity contribution in [2.24, 2.45) is 0 Å². The third kappa shape index (κ3) is 7.26. The molecule has 29 heavy (non-hydrogen) atoms. The Morgan fingerprint density at radius 2 is 1.97 bits per heavy atom. The van der Waals surface area contributed by atoms with Crippen LogP contribution in [-0.4, -0.2) is 76.2 Å². The van der Waals surface area contributed by atoms with Gasteiger partial charge in [0.2, 0.25) is 5.79 Å². The van der Waals surface area contributed by atoms with E-state index in [0.717, 1.165) is 5.56 Å². The van der Waals surface area contributed by atoms with E-state index in [1.165, 1.54) is 0 Å². The Balaban J connectivity index is 1.62. The van der Waals surface area contributed by atoms with Gasteiger partial charge in [-0.1, -0.05) is 30.3 Å². The van der Waals surface area contributed by atoms with E-state index in [9.17, 15) is 30.0 Å². The average Bonchev–Trinajstić information content (AvgIpc) is 2.96. The number of aliphatic hydroxyl groups excluding tert-OH is 2. The van der Waals surface area contributed by atoms with Crippen LogP contribution in [0.1, 0.15) is 24.8 Å². The number of ether oxygens (including phenoxy) is 2. The number of carboxylic acids is 1. The van der Waals surface area contributed by atoms with Gasteiger partial charge in [-0.2, -0.15) is 0 Å². The van der Waals surface area contributed by atoms with Crippen LogP contribution in [0.25, 0.3) is 0 Å². The molecule has 1 amide bonds. The highest BCUT2D eigenvalue weighted by Crippen LogP contribution is 2.23. The summed E-state index contributed by atoms with van der Waals surface area (Å²) >= 11 is 0. The Hall–Kier alpha value is -2.24. The van der Waals surface area contributed by atoms with E-state index in [0.29, 0.717) is 19.4 Å². The first-order valence-electron chi connectivity index (χ1n) is 9.45. The number of aliphatic carboxylic acids is 1. The molecule has 1 saturated heterocycles. The molecular formula is C19H28N2O8. The highest BCUT2D eigenvalue weighted by molar-refractivity contribution is 5.79. The Morgan fingerprint density at radius 1 is 1.24 bits per heavy atom. The van der Waals surface area contributed by atoms with Gasteiger partial charge in [-0.25, -0.2) is 9.59 Å². The molecule has 1 aromatic carbocycles. The van der Waals surface area contributed by atoms with E-state index in [4.69, 9.17) is 9.47 Å². The van der Waals surface area contributed by atoms with Crippen LogP contribution in [0.2, 0.25) is 0 Å². The normalized spacial score (nSPS) is 24.8. The van der Waals surface area contributed by atoms with Crippen molar-refractivity contribution >= 4 is 12.1 Å². The lowest BCUT2D eigenvalue weighted by molar-refractivity contribution is -0.211. The van der Waals surface area contributed by atoms with E-state index in [1.807, 2.05) is 18.2 Å². The Labute approximate surface area is 168 Å². The van der Waals surface area contributed by atoms with Gasteiger partial charge in [0.1, 0.15) is 24.9 Å². The number of benzene rings is 1. The first-order chi connectivity index (χ1) is 13.8. The predicted octanol–water partition coefficient (Wildman–Crippen LogP) is -0.433. The predicted molar refractivity (Wildman–Crippen MR) is 101 cm³/mol. The third-order valence-electron chi connectivity index (χ3n) is 4.61. The van der Waals surface area contributed by atoms with E-state index < -0.39 is 36.1 Å². The van der Waals surface area contributed by atoms with Gasteiger partial charge < -0.3 is 40.5 Å². The number of amides is 1. The summed E-state index contributed by atoms with van der Waals surface area (Å²) in [5.41, 5.74) is 0.797. The third-order valence-corrected chi connectivity index (χ3v) is 4.61. The molecule has 6 N–H and O–H groups in total. The van der Waals surface area contributed by atoms with Gasteiger partial charge in [-0.3, -0.25) is 0 Å². The number of hydrogen-bond donors (Lipinski definition) is 6. The lowest BCUT2D eigenvalue weighted by Crippen LogP contribution is -2.50. The minimum Gasteiger partial charge on any atom is -0.480 e. The van der Waals surface area contributed by atoms with Gasteiger partial charge in [0.25, 0.3) is 0 Å². The number of alkyl carbamates (subject to hydrolysis) is 1. The van der Waals surface area contributed by atoms with Crippen molar-refractivity contribution in [2.75, 3.05) is 19.7 Å². The number of carbonyl (C=O) groups excluding carboxylic acids is 1. The molecule has 10 heteroatoms. The van der Waals surface area contributed by atoms with Gasteiger partial charge in [0, 0.05) is 0 Å². The number of unbranched alkanes of at least 4 members (excludes halogenated alkanes) is 1. The molecule has 1 aliphatic rings. The standard InChI is InChI=1S/C19H28N2O8/c22-15-11-29-19(27,16(15)23)12-20-9-5-4-8-14(17(24)25)21-18(26)28-10-13-6-2-1-3-7-13/h1-3,6-7,14-16,20,22-23,27H,4-5,8-12H2,(H,21,26)(H,24,25)/t14-,15?,16?,19?/m0/s1. The molecule has 2 rings (SSSR count). The molecule has 0 aromatic heterocycles. The van der Waals surface area contributed by atoms with Crippen LogP contribution in [0.3, 0.4) is 0 Å². The first kappa shape index (κ1) is 23.0. The van der Waals surface area contributed by atoms with Gasteiger partial charge in [0.15, 0.2) is 0 Å². The van der Waals surface area contributed by atoms with Gasteiger partial charge in [0.05, 0.1) is 13.2 Å². The van der Waals surface area contributed by atoms with Gasteiger partial charge in [-0.05, 0) is 31.4 Å². The molecule has 162 valence electrons. The van der Waals surface area contributed by atoms with E-state index in [1.54, 1.807) is 12.1 Å². The largest absolute Gasteiger partial charge is 0.480 e. The monoisotopic (exact) mass is 412 g/mol. The molecular weight excluding hydrogens is 384 g/mol. The summed E-state index contributed by atoms with van der Waals surface area (Å²) in [6.07, 6.45) is -2.05. The molecule has 1 aliphatic heterocycles. The molecule has 1 aromatic rings. The van der Waals surface area contributed by atoms with Crippen molar-refractivity contribution in [1.82, 2.24) is 10.6 Å². The number of carbonyl (C=O) groups is 2. The van der Waals surface area contributed by atoms with Crippen molar-refractivity contribution in [3.63, 3.8) is 0 Å². The van der Waals surface area contributed by atoms with Crippen LogP contribution in [0, 0.1) is 0 Å². The minimum absolute atomic E-state index is 0.0501. The molecule has 1 heterocycles. The van der Waals surface area contributed by atoms with Crippen molar-refractivity contribution in [3.05, 3.63) is 35.9 Å². The molecule has 0 radical (unpaired) electrons. The second kappa shape index (κ2) is 11.1. The second-order valence-corrected chi connectivity index (χ2v) is 6.94. The van der Waals surface area contributed by atoms with Crippen LogP contribution < -0.4 is 10.6 Å². The van der Waals surface area contributed by atoms with E-state index in [-0.39, 0.29) is 26.2 Å². The maximum atomic E-state index is 11.8. The quantitative estimate of drug-likeness (QED) is 0.265. The van der Waals surface area contributed by atoms with Crippen LogP contribution in [0.5, 0.6) is 0 Å². The highest BCUT2D eigenvalue weighted by Gasteiger charge is 2.47. The van der Waals surface area contributed by atoms with Crippen LogP contribution in [0.15, 0.2) is 30.3 Å². The van der Waals surface area contributed by atoms with Crippen molar-refractivity contribution in [1.29, 1.82) is 0 Å². The summed E-state index contributed by atoms with van der Waals surface area (Å²) in [4.78, 5) is 23.1. The van der Waals surface area contributed by atoms with Crippen molar-refractivity contribution < 1.29 is 39.5 Å². The topological polar surface area (TPSA) is 158 Å². The number of hydrogen-bond acceptors (Lipinski definition) is 8. The highest BCUT2D eigenvalue weighted by atomic mass is 16.7. The fraction of sp³-hybridized carbons (Fsp3) is 0.579. The number of aliphatic hydroxyl groups is 3. The molecule has 0 aliphatic carbocycles. The maximum absolute atomic E-state index is 11.8. The summed E-state index contributed by atoms with van der Waals surface area (Å²) in [6, 6.07) is 7.98. The Bertz CT molecular complexity index is 659. The second-order valence-electron chi connectivity index (χ2n) is 6.94. The first-order valence-corrected chi connectivity index (χ1v) is 9.45. The molecule has 4 atom stereocenters. The molecule has 0 bridgehead atoms. The Morgan fingerprint density at radius 3 is 2.59 bits per heavy atom. The zero-order valence-corrected chi connectivity index (χ0v) is 16.0. The lowest BCUT2D eigenvalue weighted by Gasteiger charge is -2.26. The van der Waals surface area contributed by atoms with Gasteiger partial charge >= 0.3 is 12.1 Å². The summed E-state index contributed by atoms with van der Waals surface area (Å²) in [5.74, 6) is -2.99. The van der Waals surface area contributed by atoms with Crippen molar-refractivity contribution in [3.8, 4) is 0 Å². The molecule has 3 unspecified atom stereocenters. The zero-order chi connectivity index (χ0) is 21.3. The minimum atomic E-state index is -1.84. The fourth-order valence-electron chi connectivity index (χ4n) is 2.89. The summed E-state index contributed by atoms with van der Waals surface area (Å²) in [6.45, 7) is 0.261. The van der Waals surface area contributed by atoms with Crippen LogP contribution >= 0.6 is 0 Å².